The summed E-state index contributed by atoms with van der Waals surface area (Å²) in [5, 5.41) is 1.15. The summed E-state index contributed by atoms with van der Waals surface area (Å²) < 4.78 is 32.1. The molecule has 3 rings (SSSR count). The van der Waals surface area contributed by atoms with Crippen molar-refractivity contribution in [1.29, 1.82) is 0 Å². The van der Waals surface area contributed by atoms with Crippen LogP contribution in [0.25, 0.3) is 10.9 Å². The lowest BCUT2D eigenvalue weighted by Crippen LogP contribution is -2.39. The van der Waals surface area contributed by atoms with Crippen LogP contribution in [0.2, 0.25) is 0 Å². The summed E-state index contributed by atoms with van der Waals surface area (Å²) in [5.74, 6) is 1.05. The van der Waals surface area contributed by atoms with Crippen LogP contribution >= 0.6 is 0 Å². The standard InChI is InChI=1S/C23H35N3O3S/c1-3-5-8-19-17-20-9-6-12-24-23(20)22(18-19)29-21-10-15-26(16-11-21)14-7-13-25-30(27,28)4-2/h6,9,12,17-18,21,25H,3-5,7-8,10-11,13-16H2,1-2H3. The van der Waals surface area contributed by atoms with Crippen LogP contribution in [0.1, 0.15) is 51.5 Å². The highest BCUT2D eigenvalue weighted by Gasteiger charge is 2.21. The number of rotatable bonds is 11. The Kier molecular flexibility index (Phi) is 8.48. The molecular formula is C23H35N3O3S. The maximum Gasteiger partial charge on any atom is 0.211 e. The van der Waals surface area contributed by atoms with E-state index in [1.54, 1.807) is 6.92 Å². The molecule has 0 aliphatic carbocycles. The second-order valence-electron chi connectivity index (χ2n) is 8.08. The lowest BCUT2D eigenvalue weighted by molar-refractivity contribution is 0.101. The van der Waals surface area contributed by atoms with Crippen LogP contribution in [-0.2, 0) is 16.4 Å². The van der Waals surface area contributed by atoms with Gasteiger partial charge < -0.3 is 9.64 Å². The molecule has 0 amide bonds. The van der Waals surface area contributed by atoms with Crippen molar-refractivity contribution in [3.05, 3.63) is 36.0 Å². The molecule has 2 aromatic rings. The Hall–Kier alpha value is -1.70. The van der Waals surface area contributed by atoms with Gasteiger partial charge in [0.05, 0.1) is 5.75 Å². The van der Waals surface area contributed by atoms with E-state index in [0.29, 0.717) is 6.54 Å². The zero-order valence-electron chi connectivity index (χ0n) is 18.3. The minimum atomic E-state index is -3.09. The molecule has 1 fully saturated rings. The predicted octanol–water partition coefficient (Wildman–Crippen LogP) is 3.75. The normalized spacial score (nSPS) is 16.2. The van der Waals surface area contributed by atoms with E-state index in [1.807, 2.05) is 12.3 Å². The molecule has 6 nitrogen and oxygen atoms in total. The number of fused-ring (bicyclic) bond motifs is 1. The van der Waals surface area contributed by atoms with Crippen LogP contribution in [0.3, 0.4) is 0 Å². The second kappa shape index (κ2) is 11.1. The highest BCUT2D eigenvalue weighted by Crippen LogP contribution is 2.29. The summed E-state index contributed by atoms with van der Waals surface area (Å²) in [7, 11) is -3.09. The molecule has 2 heterocycles. The molecule has 0 saturated carbocycles. The van der Waals surface area contributed by atoms with Crippen LogP contribution in [0.15, 0.2) is 30.5 Å². The van der Waals surface area contributed by atoms with Crippen molar-refractivity contribution in [1.82, 2.24) is 14.6 Å². The number of pyridine rings is 1. The van der Waals surface area contributed by atoms with Gasteiger partial charge in [0.2, 0.25) is 10.0 Å². The number of unbranched alkanes of at least 4 members (excludes halogenated alkanes) is 1. The number of hydrogen-bond donors (Lipinski definition) is 1. The van der Waals surface area contributed by atoms with Gasteiger partial charge >= 0.3 is 0 Å². The van der Waals surface area contributed by atoms with Gasteiger partial charge in [0.15, 0.2) is 0 Å². The molecule has 30 heavy (non-hydrogen) atoms. The molecule has 1 aromatic carbocycles. The smallest absolute Gasteiger partial charge is 0.211 e. The first-order chi connectivity index (χ1) is 14.5. The van der Waals surface area contributed by atoms with E-state index >= 15 is 0 Å². The highest BCUT2D eigenvalue weighted by molar-refractivity contribution is 7.89. The molecule has 7 heteroatoms. The largest absolute Gasteiger partial charge is 0.488 e. The van der Waals surface area contributed by atoms with Gasteiger partial charge in [0.1, 0.15) is 17.4 Å². The fourth-order valence-corrected chi connectivity index (χ4v) is 4.56. The Balaban J connectivity index is 1.52. The molecule has 0 atom stereocenters. The molecule has 1 aliphatic rings. The number of nitrogens with zero attached hydrogens (tertiary/aromatic N) is 2. The van der Waals surface area contributed by atoms with Crippen molar-refractivity contribution in [2.45, 2.75) is 58.5 Å². The lowest BCUT2D eigenvalue weighted by atomic mass is 10.0. The monoisotopic (exact) mass is 433 g/mol. The van der Waals surface area contributed by atoms with Gasteiger partial charge in [-0.05, 0) is 69.3 Å². The summed E-state index contributed by atoms with van der Waals surface area (Å²) in [5.41, 5.74) is 2.27. The number of benzene rings is 1. The first kappa shape index (κ1) is 23.0. The summed E-state index contributed by atoms with van der Waals surface area (Å²) in [6, 6.07) is 8.51. The number of aryl methyl sites for hydroxylation is 1. The summed E-state index contributed by atoms with van der Waals surface area (Å²) in [4.78, 5) is 6.97. The summed E-state index contributed by atoms with van der Waals surface area (Å²) >= 11 is 0. The Bertz CT molecular complexity index is 909. The Morgan fingerprint density at radius 3 is 2.73 bits per heavy atom. The minimum Gasteiger partial charge on any atom is -0.488 e. The van der Waals surface area contributed by atoms with Crippen molar-refractivity contribution >= 4 is 20.9 Å². The van der Waals surface area contributed by atoms with Crippen molar-refractivity contribution in [3.8, 4) is 5.75 Å². The van der Waals surface area contributed by atoms with Crippen LogP contribution in [0.4, 0.5) is 0 Å². The average Bonchev–Trinajstić information content (AvgIpc) is 2.76. The molecule has 0 radical (unpaired) electrons. The van der Waals surface area contributed by atoms with Crippen molar-refractivity contribution in [2.75, 3.05) is 31.9 Å². The molecule has 1 aromatic heterocycles. The first-order valence-electron chi connectivity index (χ1n) is 11.2. The van der Waals surface area contributed by atoms with Gasteiger partial charge in [-0.1, -0.05) is 19.4 Å². The first-order valence-corrected chi connectivity index (χ1v) is 12.9. The van der Waals surface area contributed by atoms with Gasteiger partial charge in [-0.2, -0.15) is 0 Å². The average molecular weight is 434 g/mol. The molecule has 1 saturated heterocycles. The second-order valence-corrected chi connectivity index (χ2v) is 10.2. The Labute approximate surface area is 181 Å². The summed E-state index contributed by atoms with van der Waals surface area (Å²) in [6.45, 7) is 7.25. The van der Waals surface area contributed by atoms with E-state index in [9.17, 15) is 8.42 Å². The lowest BCUT2D eigenvalue weighted by Gasteiger charge is -2.32. The zero-order valence-corrected chi connectivity index (χ0v) is 19.1. The third kappa shape index (κ3) is 6.65. The predicted molar refractivity (Wildman–Crippen MR) is 123 cm³/mol. The van der Waals surface area contributed by atoms with Crippen molar-refractivity contribution in [3.63, 3.8) is 0 Å². The van der Waals surface area contributed by atoms with Gasteiger partial charge in [-0.15, -0.1) is 0 Å². The van der Waals surface area contributed by atoms with E-state index in [1.165, 1.54) is 18.4 Å². The molecule has 166 valence electrons. The van der Waals surface area contributed by atoms with Gasteiger partial charge in [-0.3, -0.25) is 4.98 Å². The number of hydrogen-bond acceptors (Lipinski definition) is 5. The maximum atomic E-state index is 11.5. The maximum absolute atomic E-state index is 11.5. The van der Waals surface area contributed by atoms with E-state index < -0.39 is 10.0 Å². The van der Waals surface area contributed by atoms with Crippen LogP contribution in [0.5, 0.6) is 5.75 Å². The van der Waals surface area contributed by atoms with Crippen molar-refractivity contribution < 1.29 is 13.2 Å². The number of nitrogens with one attached hydrogen (secondary N) is 1. The zero-order chi connectivity index (χ0) is 21.4. The molecule has 1 N–H and O–H groups in total. The number of aromatic nitrogens is 1. The summed E-state index contributed by atoms with van der Waals surface area (Å²) in [6.07, 6.45) is 8.25. The molecule has 0 unspecified atom stereocenters. The van der Waals surface area contributed by atoms with Gasteiger partial charge in [0.25, 0.3) is 0 Å². The van der Waals surface area contributed by atoms with E-state index in [4.69, 9.17) is 4.74 Å². The third-order valence-electron chi connectivity index (χ3n) is 5.73. The van der Waals surface area contributed by atoms with Crippen LogP contribution in [0, 0.1) is 0 Å². The van der Waals surface area contributed by atoms with E-state index in [-0.39, 0.29) is 11.9 Å². The number of piperidine rings is 1. The SMILES string of the molecule is CCCCc1cc(OC2CCN(CCCNS(=O)(=O)CC)CC2)c2ncccc2c1. The van der Waals surface area contributed by atoms with Crippen LogP contribution < -0.4 is 9.46 Å². The van der Waals surface area contributed by atoms with Gasteiger partial charge in [0, 0.05) is 31.2 Å². The molecule has 0 bridgehead atoms. The molecule has 1 aliphatic heterocycles. The third-order valence-corrected chi connectivity index (χ3v) is 7.13. The molecule has 0 spiro atoms. The number of sulfonamides is 1. The minimum absolute atomic E-state index is 0.138. The topological polar surface area (TPSA) is 71.5 Å². The van der Waals surface area contributed by atoms with E-state index in [2.05, 4.69) is 39.7 Å². The fraction of sp³-hybridized carbons (Fsp3) is 0.609. The fourth-order valence-electron chi connectivity index (χ4n) is 3.90. The van der Waals surface area contributed by atoms with Gasteiger partial charge in [-0.25, -0.2) is 13.1 Å². The quantitative estimate of drug-likeness (QED) is 0.547. The number of ether oxygens (including phenoxy) is 1. The Morgan fingerprint density at radius 1 is 1.20 bits per heavy atom. The Morgan fingerprint density at radius 2 is 2.00 bits per heavy atom. The molecular weight excluding hydrogens is 398 g/mol. The van der Waals surface area contributed by atoms with E-state index in [0.717, 1.165) is 62.0 Å². The van der Waals surface area contributed by atoms with Crippen molar-refractivity contribution in [2.24, 2.45) is 0 Å². The number of likely N-dealkylation sites (tertiary alicyclic amines) is 1. The van der Waals surface area contributed by atoms with Crippen LogP contribution in [-0.4, -0.2) is 56.3 Å². The highest BCUT2D eigenvalue weighted by atomic mass is 32.2.